The van der Waals surface area contributed by atoms with Crippen molar-refractivity contribution in [2.75, 3.05) is 20.3 Å². The first-order valence-electron chi connectivity index (χ1n) is 5.62. The normalized spacial score (nSPS) is 9.17. The molecular formula is C13H17F2NO2. The number of ether oxygens (including phenoxy) is 2. The molecule has 0 unspecified atom stereocenters. The van der Waals surface area contributed by atoms with Crippen molar-refractivity contribution in [1.29, 1.82) is 5.26 Å². The van der Waals surface area contributed by atoms with Gasteiger partial charge in [0.1, 0.15) is 6.61 Å². The molecule has 0 fully saturated rings. The highest BCUT2D eigenvalue weighted by Crippen LogP contribution is 2.26. The van der Waals surface area contributed by atoms with Gasteiger partial charge in [-0.05, 0) is 13.0 Å². The van der Waals surface area contributed by atoms with Crippen molar-refractivity contribution in [3.05, 3.63) is 28.8 Å². The van der Waals surface area contributed by atoms with Crippen molar-refractivity contribution in [2.24, 2.45) is 0 Å². The zero-order chi connectivity index (χ0) is 14.1. The average molecular weight is 257 g/mol. The standard InChI is InChI=1S/C11H11F2NO2.C2H6/c1-7-8(6-14)5-9(12)11(10(7)13)16-4-3-15-2;1-2/h5H,3-4H2,1-2H3;1-2H3. The maximum Gasteiger partial charge on any atom is 0.191 e. The molecule has 0 aliphatic heterocycles. The first kappa shape index (κ1) is 16.3. The van der Waals surface area contributed by atoms with E-state index < -0.39 is 17.4 Å². The van der Waals surface area contributed by atoms with Crippen LogP contribution in [0.25, 0.3) is 0 Å². The molecule has 0 aliphatic rings. The molecule has 18 heavy (non-hydrogen) atoms. The molecule has 0 N–H and O–H groups in total. The first-order valence-corrected chi connectivity index (χ1v) is 5.62. The van der Waals surface area contributed by atoms with Gasteiger partial charge in [0.25, 0.3) is 0 Å². The molecule has 0 atom stereocenters. The fraction of sp³-hybridized carbons (Fsp3) is 0.462. The van der Waals surface area contributed by atoms with Crippen LogP contribution in [0.5, 0.6) is 5.75 Å². The summed E-state index contributed by atoms with van der Waals surface area (Å²) < 4.78 is 36.5. The van der Waals surface area contributed by atoms with Gasteiger partial charge >= 0.3 is 0 Å². The number of nitriles is 1. The number of hydrogen-bond donors (Lipinski definition) is 0. The quantitative estimate of drug-likeness (QED) is 0.778. The zero-order valence-corrected chi connectivity index (χ0v) is 11.0. The predicted octanol–water partition coefficient (Wildman–Crippen LogP) is 3.20. The van der Waals surface area contributed by atoms with Gasteiger partial charge in [0.15, 0.2) is 17.4 Å². The molecule has 3 nitrogen and oxygen atoms in total. The Hall–Kier alpha value is -1.67. The van der Waals surface area contributed by atoms with Crippen molar-refractivity contribution < 1.29 is 18.3 Å². The Balaban J connectivity index is 0.00000137. The van der Waals surface area contributed by atoms with E-state index in [1.807, 2.05) is 13.8 Å². The van der Waals surface area contributed by atoms with Crippen molar-refractivity contribution >= 4 is 0 Å². The lowest BCUT2D eigenvalue weighted by molar-refractivity contribution is 0.141. The van der Waals surface area contributed by atoms with E-state index in [4.69, 9.17) is 14.7 Å². The predicted molar refractivity (Wildman–Crippen MR) is 64.5 cm³/mol. The van der Waals surface area contributed by atoms with Crippen LogP contribution in [0.1, 0.15) is 25.0 Å². The van der Waals surface area contributed by atoms with Crippen molar-refractivity contribution in [1.82, 2.24) is 0 Å². The van der Waals surface area contributed by atoms with E-state index in [9.17, 15) is 8.78 Å². The van der Waals surface area contributed by atoms with Crippen LogP contribution in [0.4, 0.5) is 8.78 Å². The first-order chi connectivity index (χ1) is 8.61. The van der Waals surface area contributed by atoms with E-state index >= 15 is 0 Å². The summed E-state index contributed by atoms with van der Waals surface area (Å²) in [5.74, 6) is -2.18. The SMILES string of the molecule is CC.COCCOc1c(F)cc(C#N)c(C)c1F. The van der Waals surface area contributed by atoms with Crippen LogP contribution in [-0.2, 0) is 4.74 Å². The second-order valence-corrected chi connectivity index (χ2v) is 3.13. The number of benzene rings is 1. The van der Waals surface area contributed by atoms with Gasteiger partial charge in [-0.2, -0.15) is 5.26 Å². The molecule has 0 amide bonds. The third kappa shape index (κ3) is 3.97. The summed E-state index contributed by atoms with van der Waals surface area (Å²) in [7, 11) is 1.46. The molecular weight excluding hydrogens is 240 g/mol. The molecule has 0 spiro atoms. The lowest BCUT2D eigenvalue weighted by atomic mass is 10.1. The highest BCUT2D eigenvalue weighted by molar-refractivity contribution is 5.44. The Labute approximate surface area is 106 Å². The molecule has 0 aromatic heterocycles. The Morgan fingerprint density at radius 1 is 1.28 bits per heavy atom. The molecule has 100 valence electrons. The van der Waals surface area contributed by atoms with Gasteiger partial charge in [-0.25, -0.2) is 8.78 Å². The van der Waals surface area contributed by atoms with Gasteiger partial charge < -0.3 is 9.47 Å². The van der Waals surface area contributed by atoms with Gasteiger partial charge in [0.05, 0.1) is 18.2 Å². The van der Waals surface area contributed by atoms with Gasteiger partial charge in [-0.1, -0.05) is 13.8 Å². The van der Waals surface area contributed by atoms with Crippen molar-refractivity contribution in [3.63, 3.8) is 0 Å². The Kier molecular flexibility index (Phi) is 7.64. The minimum absolute atomic E-state index is 0.0332. The number of hydrogen-bond acceptors (Lipinski definition) is 3. The summed E-state index contributed by atoms with van der Waals surface area (Å²) in [6.45, 7) is 5.68. The summed E-state index contributed by atoms with van der Waals surface area (Å²) >= 11 is 0. The van der Waals surface area contributed by atoms with Gasteiger partial charge in [-0.15, -0.1) is 0 Å². The Bertz CT molecular complexity index is 428. The minimum Gasteiger partial charge on any atom is -0.485 e. The maximum atomic E-state index is 13.6. The molecule has 1 aromatic carbocycles. The number of nitrogens with zero attached hydrogens (tertiary/aromatic N) is 1. The van der Waals surface area contributed by atoms with Crippen LogP contribution in [0.3, 0.4) is 0 Å². The fourth-order valence-electron chi connectivity index (χ4n) is 1.17. The summed E-state index contributed by atoms with van der Waals surface area (Å²) in [4.78, 5) is 0. The second kappa shape index (κ2) is 8.43. The molecule has 1 rings (SSSR count). The van der Waals surface area contributed by atoms with Crippen molar-refractivity contribution in [2.45, 2.75) is 20.8 Å². The fourth-order valence-corrected chi connectivity index (χ4v) is 1.17. The van der Waals surface area contributed by atoms with E-state index in [1.165, 1.54) is 14.0 Å². The third-order valence-electron chi connectivity index (χ3n) is 2.07. The zero-order valence-electron chi connectivity index (χ0n) is 11.0. The molecule has 5 heteroatoms. The Morgan fingerprint density at radius 2 is 1.89 bits per heavy atom. The molecule has 1 aromatic rings. The molecule has 0 saturated carbocycles. The van der Waals surface area contributed by atoms with Gasteiger partial charge in [0.2, 0.25) is 0 Å². The summed E-state index contributed by atoms with van der Waals surface area (Å²) in [5.41, 5.74) is 0.0467. The summed E-state index contributed by atoms with van der Waals surface area (Å²) in [6, 6.07) is 2.67. The average Bonchev–Trinajstić information content (AvgIpc) is 2.40. The third-order valence-corrected chi connectivity index (χ3v) is 2.07. The molecule has 0 bridgehead atoms. The molecule has 0 aliphatic carbocycles. The topological polar surface area (TPSA) is 42.2 Å². The lowest BCUT2D eigenvalue weighted by Gasteiger charge is -2.10. The molecule has 0 heterocycles. The highest BCUT2D eigenvalue weighted by atomic mass is 19.1. The number of halogens is 2. The van der Waals surface area contributed by atoms with E-state index in [0.29, 0.717) is 0 Å². The van der Waals surface area contributed by atoms with E-state index in [1.54, 1.807) is 6.07 Å². The number of rotatable bonds is 4. The van der Waals surface area contributed by atoms with Crippen LogP contribution in [-0.4, -0.2) is 20.3 Å². The van der Waals surface area contributed by atoms with Crippen molar-refractivity contribution in [3.8, 4) is 11.8 Å². The van der Waals surface area contributed by atoms with Crippen LogP contribution < -0.4 is 4.74 Å². The van der Waals surface area contributed by atoms with Crippen LogP contribution in [0, 0.1) is 29.9 Å². The molecule has 0 radical (unpaired) electrons. The van der Waals surface area contributed by atoms with Gasteiger partial charge in [0, 0.05) is 12.7 Å². The monoisotopic (exact) mass is 257 g/mol. The second-order valence-electron chi connectivity index (χ2n) is 3.13. The summed E-state index contributed by atoms with van der Waals surface area (Å²) in [6.07, 6.45) is 0. The van der Waals surface area contributed by atoms with E-state index in [-0.39, 0.29) is 24.3 Å². The minimum atomic E-state index is -0.879. The van der Waals surface area contributed by atoms with E-state index in [2.05, 4.69) is 0 Å². The Morgan fingerprint density at radius 3 is 2.39 bits per heavy atom. The smallest absolute Gasteiger partial charge is 0.191 e. The highest BCUT2D eigenvalue weighted by Gasteiger charge is 2.16. The van der Waals surface area contributed by atoms with E-state index in [0.717, 1.165) is 6.07 Å². The number of methoxy groups -OCH3 is 1. The van der Waals surface area contributed by atoms with Crippen LogP contribution >= 0.6 is 0 Å². The van der Waals surface area contributed by atoms with Crippen LogP contribution in [0.2, 0.25) is 0 Å². The lowest BCUT2D eigenvalue weighted by Crippen LogP contribution is -2.08. The van der Waals surface area contributed by atoms with Crippen LogP contribution in [0.15, 0.2) is 6.07 Å². The summed E-state index contributed by atoms with van der Waals surface area (Å²) in [5, 5.41) is 8.63. The largest absolute Gasteiger partial charge is 0.485 e. The maximum absolute atomic E-state index is 13.6. The van der Waals surface area contributed by atoms with Gasteiger partial charge in [-0.3, -0.25) is 0 Å². The molecule has 0 saturated heterocycles.